The molecule has 0 radical (unpaired) electrons. The molecule has 0 heterocycles. The molecule has 0 amide bonds. The molecule has 1 rings (SSSR count). The third kappa shape index (κ3) is 6.64. The van der Waals surface area contributed by atoms with Crippen LogP contribution in [0.5, 0.6) is 5.75 Å². The fourth-order valence-electron chi connectivity index (χ4n) is 2.36. The monoisotopic (exact) mass is 288 g/mol. The van der Waals surface area contributed by atoms with Crippen molar-refractivity contribution in [3.8, 4) is 11.8 Å². The Morgan fingerprint density at radius 2 is 1.86 bits per heavy atom. The van der Waals surface area contributed by atoms with Crippen molar-refractivity contribution in [2.45, 2.75) is 53.5 Å². The number of aryl methyl sites for hydroxylation is 2. The summed E-state index contributed by atoms with van der Waals surface area (Å²) >= 11 is 0. The first-order chi connectivity index (χ1) is 10.0. The predicted octanol–water partition coefficient (Wildman–Crippen LogP) is 4.12. The lowest BCUT2D eigenvalue weighted by molar-refractivity contribution is 0.303. The van der Waals surface area contributed by atoms with Gasteiger partial charge in [-0.05, 0) is 55.8 Å². The number of hydrogen-bond donors (Lipinski definition) is 1. The highest BCUT2D eigenvalue weighted by Gasteiger charge is 2.06. The Bertz CT molecular complexity index is 452. The zero-order valence-electron chi connectivity index (χ0n) is 13.8. The Morgan fingerprint density at radius 1 is 1.19 bits per heavy atom. The Balaban J connectivity index is 2.53. The smallest absolute Gasteiger partial charge is 0.125 e. The highest BCUT2D eigenvalue weighted by Crippen LogP contribution is 2.25. The molecule has 0 saturated heterocycles. The first-order valence-electron chi connectivity index (χ1n) is 7.85. The van der Waals surface area contributed by atoms with E-state index in [0.717, 1.165) is 31.7 Å². The first-order valence-corrected chi connectivity index (χ1v) is 7.85. The van der Waals surface area contributed by atoms with Crippen molar-refractivity contribution < 1.29 is 4.74 Å². The van der Waals surface area contributed by atoms with Crippen LogP contribution in [-0.2, 0) is 6.54 Å². The van der Waals surface area contributed by atoms with Crippen molar-refractivity contribution in [1.82, 2.24) is 5.32 Å². The Kier molecular flexibility index (Phi) is 7.85. The van der Waals surface area contributed by atoms with Gasteiger partial charge >= 0.3 is 0 Å². The highest BCUT2D eigenvalue weighted by atomic mass is 16.5. The van der Waals surface area contributed by atoms with Crippen LogP contribution >= 0.6 is 0 Å². The van der Waals surface area contributed by atoms with Gasteiger partial charge in [0.25, 0.3) is 0 Å². The molecule has 0 saturated carbocycles. The van der Waals surface area contributed by atoms with E-state index in [2.05, 4.69) is 51.2 Å². The fourth-order valence-corrected chi connectivity index (χ4v) is 2.36. The lowest BCUT2D eigenvalue weighted by Gasteiger charge is -2.15. The van der Waals surface area contributed by atoms with E-state index in [1.165, 1.54) is 16.7 Å². The van der Waals surface area contributed by atoms with Gasteiger partial charge in [-0.15, -0.1) is 0 Å². The van der Waals surface area contributed by atoms with Crippen molar-refractivity contribution in [2.75, 3.05) is 13.2 Å². The number of nitrogens with zero attached hydrogens (tertiary/aromatic N) is 1. The maximum atomic E-state index is 8.51. The molecular formula is C18H28N2O. The minimum Gasteiger partial charge on any atom is -0.493 e. The van der Waals surface area contributed by atoms with E-state index < -0.39 is 0 Å². The van der Waals surface area contributed by atoms with Gasteiger partial charge in [0.05, 0.1) is 12.7 Å². The van der Waals surface area contributed by atoms with Gasteiger partial charge in [0.2, 0.25) is 0 Å². The predicted molar refractivity (Wildman–Crippen MR) is 87.4 cm³/mol. The molecule has 0 fully saturated rings. The molecule has 1 N–H and O–H groups in total. The summed E-state index contributed by atoms with van der Waals surface area (Å²) in [4.78, 5) is 0. The second-order valence-corrected chi connectivity index (χ2v) is 6.05. The summed E-state index contributed by atoms with van der Waals surface area (Å²) in [6, 6.07) is 6.56. The standard InChI is InChI=1S/C18H28N2O/c1-14(2)12-20-13-17-10-15(3)18(16(4)11-17)21-9-7-5-6-8-19/h10-11,14,20H,5-7,9,12-13H2,1-4H3. The topological polar surface area (TPSA) is 45.0 Å². The summed E-state index contributed by atoms with van der Waals surface area (Å²) in [6.45, 7) is 11.3. The molecular weight excluding hydrogens is 260 g/mol. The number of nitriles is 1. The van der Waals surface area contributed by atoms with Crippen LogP contribution < -0.4 is 10.1 Å². The molecule has 1 aromatic carbocycles. The van der Waals surface area contributed by atoms with Crippen LogP contribution in [0.25, 0.3) is 0 Å². The van der Waals surface area contributed by atoms with Crippen LogP contribution in [-0.4, -0.2) is 13.2 Å². The maximum absolute atomic E-state index is 8.51. The molecule has 1 aromatic rings. The first kappa shape index (κ1) is 17.5. The molecule has 0 unspecified atom stereocenters. The average molecular weight is 288 g/mol. The molecule has 0 spiro atoms. The minimum absolute atomic E-state index is 0.613. The maximum Gasteiger partial charge on any atom is 0.125 e. The normalized spacial score (nSPS) is 10.7. The van der Waals surface area contributed by atoms with Gasteiger partial charge in [-0.2, -0.15) is 5.26 Å². The van der Waals surface area contributed by atoms with E-state index in [1.807, 2.05) is 0 Å². The lowest BCUT2D eigenvalue weighted by atomic mass is 10.1. The van der Waals surface area contributed by atoms with E-state index in [9.17, 15) is 0 Å². The summed E-state index contributed by atoms with van der Waals surface area (Å²) in [6.07, 6.45) is 2.46. The van der Waals surface area contributed by atoms with Crippen molar-refractivity contribution >= 4 is 0 Å². The van der Waals surface area contributed by atoms with E-state index >= 15 is 0 Å². The Hall–Kier alpha value is -1.53. The number of rotatable bonds is 9. The molecule has 0 aromatic heterocycles. The lowest BCUT2D eigenvalue weighted by Crippen LogP contribution is -2.19. The van der Waals surface area contributed by atoms with Gasteiger partial charge in [0.15, 0.2) is 0 Å². The number of nitrogens with one attached hydrogen (secondary N) is 1. The molecule has 0 aliphatic rings. The van der Waals surface area contributed by atoms with E-state index in [-0.39, 0.29) is 0 Å². The molecule has 3 heteroatoms. The van der Waals surface area contributed by atoms with Crippen LogP contribution in [0.2, 0.25) is 0 Å². The largest absolute Gasteiger partial charge is 0.493 e. The summed E-state index contributed by atoms with van der Waals surface area (Å²) in [5, 5.41) is 12.0. The molecule has 116 valence electrons. The average Bonchev–Trinajstić information content (AvgIpc) is 2.40. The quantitative estimate of drug-likeness (QED) is 0.695. The number of hydrogen-bond acceptors (Lipinski definition) is 3. The van der Waals surface area contributed by atoms with Gasteiger partial charge in [-0.1, -0.05) is 26.0 Å². The van der Waals surface area contributed by atoms with E-state index in [4.69, 9.17) is 10.00 Å². The molecule has 0 bridgehead atoms. The summed E-state index contributed by atoms with van der Waals surface area (Å²) < 4.78 is 5.88. The zero-order chi connectivity index (χ0) is 15.7. The Labute approximate surface area is 129 Å². The number of ether oxygens (including phenoxy) is 1. The van der Waals surface area contributed by atoms with Crippen molar-refractivity contribution in [1.29, 1.82) is 5.26 Å². The number of unbranched alkanes of at least 4 members (excludes halogenated alkanes) is 2. The highest BCUT2D eigenvalue weighted by molar-refractivity contribution is 5.43. The molecule has 0 atom stereocenters. The van der Waals surface area contributed by atoms with Crippen molar-refractivity contribution in [2.24, 2.45) is 5.92 Å². The third-order valence-corrected chi connectivity index (χ3v) is 3.33. The van der Waals surface area contributed by atoms with Gasteiger partial charge < -0.3 is 10.1 Å². The second kappa shape index (κ2) is 9.41. The zero-order valence-corrected chi connectivity index (χ0v) is 13.8. The van der Waals surface area contributed by atoms with E-state index in [0.29, 0.717) is 18.9 Å². The Morgan fingerprint density at radius 3 is 2.43 bits per heavy atom. The van der Waals surface area contributed by atoms with Gasteiger partial charge in [-0.25, -0.2) is 0 Å². The second-order valence-electron chi connectivity index (χ2n) is 6.05. The molecule has 3 nitrogen and oxygen atoms in total. The van der Waals surface area contributed by atoms with Gasteiger partial charge in [0.1, 0.15) is 5.75 Å². The van der Waals surface area contributed by atoms with Crippen LogP contribution in [0.3, 0.4) is 0 Å². The fraction of sp³-hybridized carbons (Fsp3) is 0.611. The SMILES string of the molecule is Cc1cc(CNCC(C)C)cc(C)c1OCCCCC#N. The molecule has 0 aliphatic carbocycles. The third-order valence-electron chi connectivity index (χ3n) is 3.33. The molecule has 21 heavy (non-hydrogen) atoms. The summed E-state index contributed by atoms with van der Waals surface area (Å²) in [5.41, 5.74) is 3.69. The molecule has 0 aliphatic heterocycles. The van der Waals surface area contributed by atoms with Crippen LogP contribution in [0.15, 0.2) is 12.1 Å². The van der Waals surface area contributed by atoms with E-state index in [1.54, 1.807) is 0 Å². The van der Waals surface area contributed by atoms with Crippen LogP contribution in [0.4, 0.5) is 0 Å². The number of benzene rings is 1. The minimum atomic E-state index is 0.613. The van der Waals surface area contributed by atoms with Gasteiger partial charge in [0, 0.05) is 13.0 Å². The van der Waals surface area contributed by atoms with Gasteiger partial charge in [-0.3, -0.25) is 0 Å². The van der Waals surface area contributed by atoms with Crippen LogP contribution in [0, 0.1) is 31.1 Å². The summed E-state index contributed by atoms with van der Waals surface area (Å²) in [7, 11) is 0. The van der Waals surface area contributed by atoms with Crippen LogP contribution in [0.1, 0.15) is 49.8 Å². The van der Waals surface area contributed by atoms with Crippen molar-refractivity contribution in [3.63, 3.8) is 0 Å². The van der Waals surface area contributed by atoms with Crippen molar-refractivity contribution in [3.05, 3.63) is 28.8 Å². The summed E-state index contributed by atoms with van der Waals surface area (Å²) in [5.74, 6) is 1.67.